The molecule has 4 nitrogen and oxygen atoms in total. The molecule has 0 aliphatic heterocycles. The summed E-state index contributed by atoms with van der Waals surface area (Å²) in [6, 6.07) is -1.31. The molecule has 0 saturated heterocycles. The number of ketones is 1. The SMILES string of the molecule is CC(C)S(=O)(=O)C1CCCCC1C[C@H](N)C(=O)C(C)(F)F. The molecular formula is C14H25F2NO3S. The summed E-state index contributed by atoms with van der Waals surface area (Å²) >= 11 is 0. The van der Waals surface area contributed by atoms with Crippen molar-refractivity contribution >= 4 is 15.6 Å². The van der Waals surface area contributed by atoms with Crippen molar-refractivity contribution in [2.75, 3.05) is 0 Å². The Morgan fingerprint density at radius 2 is 1.81 bits per heavy atom. The number of halogens is 2. The van der Waals surface area contributed by atoms with E-state index in [1.54, 1.807) is 13.8 Å². The van der Waals surface area contributed by atoms with Crippen LogP contribution < -0.4 is 5.73 Å². The van der Waals surface area contributed by atoms with Gasteiger partial charge in [0.25, 0.3) is 0 Å². The monoisotopic (exact) mass is 325 g/mol. The van der Waals surface area contributed by atoms with Gasteiger partial charge in [-0.3, -0.25) is 4.79 Å². The molecule has 124 valence electrons. The number of nitrogens with two attached hydrogens (primary N) is 1. The lowest BCUT2D eigenvalue weighted by Gasteiger charge is -2.34. The molecule has 2 unspecified atom stereocenters. The first-order chi connectivity index (χ1) is 9.48. The van der Waals surface area contributed by atoms with Gasteiger partial charge in [0.15, 0.2) is 9.84 Å². The van der Waals surface area contributed by atoms with Crippen LogP contribution in [0, 0.1) is 5.92 Å². The number of carbonyl (C=O) groups excluding carboxylic acids is 1. The molecule has 3 atom stereocenters. The molecule has 0 heterocycles. The van der Waals surface area contributed by atoms with E-state index < -0.39 is 38.1 Å². The van der Waals surface area contributed by atoms with Crippen LogP contribution in [0.4, 0.5) is 8.78 Å². The molecule has 1 fully saturated rings. The summed E-state index contributed by atoms with van der Waals surface area (Å²) in [6.45, 7) is 3.76. The van der Waals surface area contributed by atoms with E-state index in [4.69, 9.17) is 5.73 Å². The van der Waals surface area contributed by atoms with E-state index in [2.05, 4.69) is 0 Å². The molecule has 2 N–H and O–H groups in total. The normalized spacial score (nSPS) is 25.9. The number of rotatable bonds is 6. The third-order valence-electron chi connectivity index (χ3n) is 4.24. The maximum absolute atomic E-state index is 13.0. The van der Waals surface area contributed by atoms with Gasteiger partial charge >= 0.3 is 5.92 Å². The highest BCUT2D eigenvalue weighted by atomic mass is 32.2. The molecule has 1 aliphatic carbocycles. The average Bonchev–Trinajstić information content (AvgIpc) is 2.36. The van der Waals surface area contributed by atoms with E-state index in [0.717, 1.165) is 12.8 Å². The van der Waals surface area contributed by atoms with Crippen LogP contribution in [0.1, 0.15) is 52.9 Å². The molecule has 0 bridgehead atoms. The highest BCUT2D eigenvalue weighted by Gasteiger charge is 2.41. The van der Waals surface area contributed by atoms with Crippen molar-refractivity contribution in [2.45, 2.75) is 75.3 Å². The molecule has 1 aliphatic rings. The zero-order valence-corrected chi connectivity index (χ0v) is 13.6. The van der Waals surface area contributed by atoms with Crippen molar-refractivity contribution in [2.24, 2.45) is 11.7 Å². The second kappa shape index (κ2) is 6.69. The minimum atomic E-state index is -3.47. The Hall–Kier alpha value is -0.560. The molecule has 0 radical (unpaired) electrons. The Morgan fingerprint density at radius 1 is 1.29 bits per heavy atom. The zero-order chi connectivity index (χ0) is 16.4. The molecule has 0 amide bonds. The van der Waals surface area contributed by atoms with Gasteiger partial charge in [0.2, 0.25) is 5.78 Å². The van der Waals surface area contributed by atoms with Crippen LogP contribution in [-0.4, -0.2) is 36.7 Å². The molecule has 1 rings (SSSR count). The van der Waals surface area contributed by atoms with Crippen LogP contribution in [-0.2, 0) is 14.6 Å². The van der Waals surface area contributed by atoms with E-state index in [1.807, 2.05) is 0 Å². The molecule has 0 aromatic heterocycles. The van der Waals surface area contributed by atoms with Crippen LogP contribution in [0.2, 0.25) is 0 Å². The van der Waals surface area contributed by atoms with Crippen molar-refractivity contribution in [3.63, 3.8) is 0 Å². The van der Waals surface area contributed by atoms with E-state index in [-0.39, 0.29) is 12.3 Å². The van der Waals surface area contributed by atoms with Gasteiger partial charge in [0, 0.05) is 6.92 Å². The van der Waals surface area contributed by atoms with Gasteiger partial charge in [-0.05, 0) is 39.0 Å². The Labute approximate surface area is 125 Å². The first kappa shape index (κ1) is 18.5. The molecule has 21 heavy (non-hydrogen) atoms. The van der Waals surface area contributed by atoms with Gasteiger partial charge in [-0.15, -0.1) is 0 Å². The third kappa shape index (κ3) is 4.45. The summed E-state index contributed by atoms with van der Waals surface area (Å²) < 4.78 is 50.8. The second-order valence-corrected chi connectivity index (χ2v) is 9.04. The Morgan fingerprint density at radius 3 is 2.29 bits per heavy atom. The number of alkyl halides is 2. The average molecular weight is 325 g/mol. The Kier molecular flexibility index (Phi) is 5.89. The van der Waals surface area contributed by atoms with Crippen molar-refractivity contribution < 1.29 is 22.0 Å². The quantitative estimate of drug-likeness (QED) is 0.813. The molecular weight excluding hydrogens is 300 g/mol. The lowest BCUT2D eigenvalue weighted by molar-refractivity contribution is -0.142. The van der Waals surface area contributed by atoms with E-state index >= 15 is 0 Å². The smallest absolute Gasteiger partial charge is 0.304 e. The van der Waals surface area contributed by atoms with E-state index in [9.17, 15) is 22.0 Å². The Balaban J connectivity index is 2.87. The molecule has 7 heteroatoms. The number of sulfone groups is 1. The highest BCUT2D eigenvalue weighted by molar-refractivity contribution is 7.92. The van der Waals surface area contributed by atoms with Gasteiger partial charge in [-0.2, -0.15) is 8.78 Å². The summed E-state index contributed by atoms with van der Waals surface area (Å²) in [7, 11) is -3.31. The van der Waals surface area contributed by atoms with Gasteiger partial charge in [0.05, 0.1) is 16.5 Å². The third-order valence-corrected chi connectivity index (χ3v) is 7.02. The molecule has 1 saturated carbocycles. The first-order valence-electron chi connectivity index (χ1n) is 7.38. The minimum Gasteiger partial charge on any atom is -0.321 e. The predicted octanol–water partition coefficient (Wildman–Crippen LogP) is 2.31. The first-order valence-corrected chi connectivity index (χ1v) is 8.99. The largest absolute Gasteiger partial charge is 0.321 e. The van der Waals surface area contributed by atoms with Crippen LogP contribution in [0.25, 0.3) is 0 Å². The summed E-state index contributed by atoms with van der Waals surface area (Å²) in [5.41, 5.74) is 5.59. The predicted molar refractivity (Wildman–Crippen MR) is 78.0 cm³/mol. The van der Waals surface area contributed by atoms with Gasteiger partial charge in [-0.1, -0.05) is 12.8 Å². The zero-order valence-electron chi connectivity index (χ0n) is 12.8. The maximum Gasteiger partial charge on any atom is 0.304 e. The summed E-state index contributed by atoms with van der Waals surface area (Å²) in [4.78, 5) is 11.5. The lowest BCUT2D eigenvalue weighted by atomic mass is 9.83. The van der Waals surface area contributed by atoms with E-state index in [0.29, 0.717) is 19.8 Å². The standard InChI is InChI=1S/C14H25F2NO3S/c1-9(2)21(19,20)12-7-5-4-6-10(12)8-11(17)13(18)14(3,15)16/h9-12H,4-8,17H2,1-3H3/t10?,11-,12?/m0/s1. The van der Waals surface area contributed by atoms with Crippen molar-refractivity contribution in [1.82, 2.24) is 0 Å². The van der Waals surface area contributed by atoms with Crippen LogP contribution >= 0.6 is 0 Å². The molecule has 0 aromatic rings. The van der Waals surface area contributed by atoms with Crippen molar-refractivity contribution in [3.8, 4) is 0 Å². The van der Waals surface area contributed by atoms with Crippen molar-refractivity contribution in [3.05, 3.63) is 0 Å². The number of hydrogen-bond donors (Lipinski definition) is 1. The summed E-state index contributed by atoms with van der Waals surface area (Å²) in [5, 5.41) is -1.08. The fourth-order valence-corrected chi connectivity index (χ4v) is 4.96. The fraction of sp³-hybridized carbons (Fsp3) is 0.929. The van der Waals surface area contributed by atoms with Crippen LogP contribution in [0.15, 0.2) is 0 Å². The highest BCUT2D eigenvalue weighted by Crippen LogP contribution is 2.35. The lowest BCUT2D eigenvalue weighted by Crippen LogP contribution is -2.46. The minimum absolute atomic E-state index is 0.0128. The number of Topliss-reactive ketones (excluding diaryl/α,β-unsaturated/α-hetero) is 1. The summed E-state index contributed by atoms with van der Waals surface area (Å²) in [6.07, 6.45) is 2.80. The molecule has 0 spiro atoms. The number of carbonyl (C=O) groups is 1. The van der Waals surface area contributed by atoms with Crippen molar-refractivity contribution in [1.29, 1.82) is 0 Å². The summed E-state index contributed by atoms with van der Waals surface area (Å²) in [5.74, 6) is -5.10. The second-order valence-electron chi connectivity index (χ2n) is 6.32. The fourth-order valence-electron chi connectivity index (χ4n) is 2.98. The van der Waals surface area contributed by atoms with E-state index in [1.165, 1.54) is 0 Å². The van der Waals surface area contributed by atoms with Gasteiger partial charge < -0.3 is 5.73 Å². The van der Waals surface area contributed by atoms with Crippen LogP contribution in [0.3, 0.4) is 0 Å². The van der Waals surface area contributed by atoms with Gasteiger partial charge in [-0.25, -0.2) is 8.42 Å². The van der Waals surface area contributed by atoms with Crippen LogP contribution in [0.5, 0.6) is 0 Å². The Bertz CT molecular complexity index is 471. The van der Waals surface area contributed by atoms with Gasteiger partial charge in [0.1, 0.15) is 0 Å². The number of hydrogen-bond acceptors (Lipinski definition) is 4. The topological polar surface area (TPSA) is 77.2 Å². The maximum atomic E-state index is 13.0. The molecule has 0 aromatic carbocycles.